The van der Waals surface area contributed by atoms with Gasteiger partial charge in [-0.25, -0.2) is 15.0 Å². The van der Waals surface area contributed by atoms with Gasteiger partial charge in [-0.2, -0.15) is 0 Å². The van der Waals surface area contributed by atoms with Crippen LogP contribution in [0.3, 0.4) is 0 Å². The first-order valence-electron chi connectivity index (χ1n) is 7.13. The number of unbranched alkanes of at least 4 members (excludes halogenated alkanes) is 1. The molecule has 0 saturated heterocycles. The number of anilines is 4. The second-order valence-corrected chi connectivity index (χ2v) is 5.08. The van der Waals surface area contributed by atoms with Crippen LogP contribution in [0.5, 0.6) is 0 Å². The van der Waals surface area contributed by atoms with E-state index >= 15 is 0 Å². The predicted octanol–water partition coefficient (Wildman–Crippen LogP) is 2.74. The first kappa shape index (κ1) is 15.0. The van der Waals surface area contributed by atoms with E-state index in [2.05, 4.69) is 27.2 Å². The van der Waals surface area contributed by atoms with Crippen LogP contribution in [-0.4, -0.2) is 28.5 Å². The van der Waals surface area contributed by atoms with Crippen molar-refractivity contribution in [2.45, 2.75) is 26.7 Å². The minimum Gasteiger partial charge on any atom is -0.393 e. The molecule has 0 saturated carbocycles. The number of aryl methyl sites for hydroxylation is 1. The largest absolute Gasteiger partial charge is 0.393 e. The standard InChI is InChI=1S/C15H22N6/c1-4-5-8-21(3)15-13(16)14(18-10-19-15)20-12-7-6-11(2)9-17-12/h6-7,9-10H,4-5,8,16H2,1-3H3,(H,17,18,19,20). The number of hydrogen-bond donors (Lipinski definition) is 2. The Labute approximate surface area is 125 Å². The molecule has 3 N–H and O–H groups in total. The maximum atomic E-state index is 6.18. The summed E-state index contributed by atoms with van der Waals surface area (Å²) in [7, 11) is 1.99. The van der Waals surface area contributed by atoms with Crippen molar-refractivity contribution in [2.24, 2.45) is 0 Å². The van der Waals surface area contributed by atoms with E-state index < -0.39 is 0 Å². The smallest absolute Gasteiger partial charge is 0.160 e. The summed E-state index contributed by atoms with van der Waals surface area (Å²) in [6, 6.07) is 3.89. The maximum absolute atomic E-state index is 6.18. The van der Waals surface area contributed by atoms with Crippen LogP contribution in [0, 0.1) is 6.92 Å². The number of aromatic nitrogens is 3. The lowest BCUT2D eigenvalue weighted by atomic mass is 10.3. The van der Waals surface area contributed by atoms with Gasteiger partial charge in [0.1, 0.15) is 17.8 Å². The van der Waals surface area contributed by atoms with Crippen LogP contribution in [0.2, 0.25) is 0 Å². The second-order valence-electron chi connectivity index (χ2n) is 5.08. The van der Waals surface area contributed by atoms with Gasteiger partial charge in [0.25, 0.3) is 0 Å². The van der Waals surface area contributed by atoms with Crippen molar-refractivity contribution in [3.8, 4) is 0 Å². The maximum Gasteiger partial charge on any atom is 0.160 e. The fourth-order valence-corrected chi connectivity index (χ4v) is 1.95. The molecule has 0 aliphatic heterocycles. The molecule has 0 fully saturated rings. The first-order chi connectivity index (χ1) is 10.1. The van der Waals surface area contributed by atoms with Crippen LogP contribution >= 0.6 is 0 Å². The van der Waals surface area contributed by atoms with Gasteiger partial charge in [-0.15, -0.1) is 0 Å². The van der Waals surface area contributed by atoms with Crippen LogP contribution in [-0.2, 0) is 0 Å². The fourth-order valence-electron chi connectivity index (χ4n) is 1.95. The lowest BCUT2D eigenvalue weighted by Crippen LogP contribution is -2.21. The fraction of sp³-hybridized carbons (Fsp3) is 0.400. The Morgan fingerprint density at radius 1 is 1.24 bits per heavy atom. The van der Waals surface area contributed by atoms with Crippen LogP contribution < -0.4 is 16.0 Å². The summed E-state index contributed by atoms with van der Waals surface area (Å²) in [5.74, 6) is 2.04. The number of nitrogens with two attached hydrogens (primary N) is 1. The summed E-state index contributed by atoms with van der Waals surface area (Å²) in [5, 5.41) is 3.14. The zero-order chi connectivity index (χ0) is 15.2. The molecule has 2 aromatic heterocycles. The van der Waals surface area contributed by atoms with Gasteiger partial charge < -0.3 is 16.0 Å². The zero-order valence-corrected chi connectivity index (χ0v) is 12.8. The number of nitrogens with one attached hydrogen (secondary N) is 1. The molecule has 0 amide bonds. The van der Waals surface area contributed by atoms with E-state index in [0.717, 1.165) is 30.8 Å². The molecule has 0 aliphatic rings. The van der Waals surface area contributed by atoms with Gasteiger partial charge in [0.2, 0.25) is 0 Å². The van der Waals surface area contributed by atoms with Gasteiger partial charge in [-0.3, -0.25) is 0 Å². The molecule has 21 heavy (non-hydrogen) atoms. The van der Waals surface area contributed by atoms with E-state index in [1.54, 1.807) is 6.20 Å². The van der Waals surface area contributed by atoms with Gasteiger partial charge in [0, 0.05) is 19.8 Å². The summed E-state index contributed by atoms with van der Waals surface area (Å²) < 4.78 is 0. The zero-order valence-electron chi connectivity index (χ0n) is 12.8. The molecule has 2 heterocycles. The van der Waals surface area contributed by atoms with Crippen molar-refractivity contribution in [3.05, 3.63) is 30.2 Å². The quantitative estimate of drug-likeness (QED) is 0.850. The molecular formula is C15H22N6. The van der Waals surface area contributed by atoms with E-state index in [-0.39, 0.29) is 0 Å². The number of pyridine rings is 1. The van der Waals surface area contributed by atoms with Gasteiger partial charge in [-0.05, 0) is 25.0 Å². The van der Waals surface area contributed by atoms with E-state index in [1.165, 1.54) is 6.33 Å². The van der Waals surface area contributed by atoms with Crippen molar-refractivity contribution in [1.29, 1.82) is 0 Å². The van der Waals surface area contributed by atoms with Gasteiger partial charge >= 0.3 is 0 Å². The van der Waals surface area contributed by atoms with Gasteiger partial charge in [0.05, 0.1) is 0 Å². The number of nitrogen functional groups attached to an aromatic ring is 1. The van der Waals surface area contributed by atoms with Crippen LogP contribution in [0.1, 0.15) is 25.3 Å². The molecule has 112 valence electrons. The highest BCUT2D eigenvalue weighted by atomic mass is 15.2. The van der Waals surface area contributed by atoms with E-state index in [0.29, 0.717) is 17.3 Å². The van der Waals surface area contributed by atoms with Crippen molar-refractivity contribution < 1.29 is 0 Å². The third kappa shape index (κ3) is 3.81. The highest BCUT2D eigenvalue weighted by Gasteiger charge is 2.12. The van der Waals surface area contributed by atoms with Crippen molar-refractivity contribution in [1.82, 2.24) is 15.0 Å². The summed E-state index contributed by atoms with van der Waals surface area (Å²) in [5.41, 5.74) is 7.82. The molecule has 0 bridgehead atoms. The molecule has 0 spiro atoms. The Bertz CT molecular complexity index is 581. The molecule has 2 aromatic rings. The molecular weight excluding hydrogens is 264 g/mol. The third-order valence-electron chi connectivity index (χ3n) is 3.23. The monoisotopic (exact) mass is 286 g/mol. The van der Waals surface area contributed by atoms with Gasteiger partial charge in [0.15, 0.2) is 11.6 Å². The molecule has 6 nitrogen and oxygen atoms in total. The van der Waals surface area contributed by atoms with Gasteiger partial charge in [-0.1, -0.05) is 19.4 Å². The number of hydrogen-bond acceptors (Lipinski definition) is 6. The molecule has 0 unspecified atom stereocenters. The number of rotatable bonds is 6. The summed E-state index contributed by atoms with van der Waals surface area (Å²) in [4.78, 5) is 14.8. The first-order valence-corrected chi connectivity index (χ1v) is 7.13. The Hall–Kier alpha value is -2.37. The minimum atomic E-state index is 0.540. The molecule has 6 heteroatoms. The highest BCUT2D eigenvalue weighted by molar-refractivity contribution is 5.77. The van der Waals surface area contributed by atoms with Crippen molar-refractivity contribution in [3.63, 3.8) is 0 Å². The normalized spacial score (nSPS) is 10.4. The average molecular weight is 286 g/mol. The van der Waals surface area contributed by atoms with Crippen LogP contribution in [0.25, 0.3) is 0 Å². The van der Waals surface area contributed by atoms with E-state index in [1.807, 2.05) is 31.0 Å². The Balaban J connectivity index is 2.19. The van der Waals surface area contributed by atoms with Crippen LogP contribution in [0.4, 0.5) is 23.1 Å². The summed E-state index contributed by atoms with van der Waals surface area (Å²) >= 11 is 0. The SMILES string of the molecule is CCCCN(C)c1ncnc(Nc2ccc(C)cn2)c1N. The van der Waals surface area contributed by atoms with Crippen molar-refractivity contribution in [2.75, 3.05) is 29.5 Å². The lowest BCUT2D eigenvalue weighted by molar-refractivity contribution is 0.759. The minimum absolute atomic E-state index is 0.540. The van der Waals surface area contributed by atoms with E-state index in [4.69, 9.17) is 5.73 Å². The topological polar surface area (TPSA) is 80.0 Å². The summed E-state index contributed by atoms with van der Waals surface area (Å²) in [6.45, 7) is 5.07. The molecule has 0 radical (unpaired) electrons. The molecule has 0 aliphatic carbocycles. The van der Waals surface area contributed by atoms with Crippen molar-refractivity contribution >= 4 is 23.1 Å². The molecule has 0 aromatic carbocycles. The lowest BCUT2D eigenvalue weighted by Gasteiger charge is -2.20. The predicted molar refractivity (Wildman–Crippen MR) is 86.9 cm³/mol. The Morgan fingerprint density at radius 3 is 2.71 bits per heavy atom. The third-order valence-corrected chi connectivity index (χ3v) is 3.23. The van der Waals surface area contributed by atoms with E-state index in [9.17, 15) is 0 Å². The average Bonchev–Trinajstić information content (AvgIpc) is 2.49. The highest BCUT2D eigenvalue weighted by Crippen LogP contribution is 2.27. The van der Waals surface area contributed by atoms with Crippen LogP contribution in [0.15, 0.2) is 24.7 Å². The molecule has 2 rings (SSSR count). The Morgan fingerprint density at radius 2 is 2.05 bits per heavy atom. The second kappa shape index (κ2) is 6.88. The summed E-state index contributed by atoms with van der Waals surface area (Å²) in [6.07, 6.45) is 5.55. The number of nitrogens with zero attached hydrogens (tertiary/aromatic N) is 4. The molecule has 0 atom stereocenters. The Kier molecular flexibility index (Phi) is 4.92.